The van der Waals surface area contributed by atoms with Gasteiger partial charge in [0.25, 0.3) is 5.91 Å². The smallest absolute Gasteiger partial charge is 0.264 e. The van der Waals surface area contributed by atoms with Gasteiger partial charge in [0.15, 0.2) is 0 Å². The van der Waals surface area contributed by atoms with Gasteiger partial charge in [0.05, 0.1) is 18.1 Å². The predicted octanol–water partition coefficient (Wildman–Crippen LogP) is 1.99. The third kappa shape index (κ3) is 2.68. The molecule has 104 valence electrons. The number of thiophene rings is 1. The maximum atomic E-state index is 12.4. The van der Waals surface area contributed by atoms with Crippen molar-refractivity contribution in [1.82, 2.24) is 9.80 Å². The van der Waals surface area contributed by atoms with Crippen molar-refractivity contribution in [3.05, 3.63) is 21.9 Å². The number of amides is 1. The lowest BCUT2D eigenvalue weighted by molar-refractivity contribution is 0.0306. The molecule has 3 rings (SSSR count). The third-order valence-electron chi connectivity index (χ3n) is 3.98. The first kappa shape index (κ1) is 13.1. The second-order valence-electron chi connectivity index (χ2n) is 5.25. The van der Waals surface area contributed by atoms with E-state index in [1.807, 2.05) is 11.0 Å². The molecule has 1 atom stereocenters. The molecule has 2 fully saturated rings. The lowest BCUT2D eigenvalue weighted by atomic mass is 10.2. The van der Waals surface area contributed by atoms with E-state index in [2.05, 4.69) is 18.0 Å². The van der Waals surface area contributed by atoms with E-state index in [1.165, 1.54) is 17.7 Å². The minimum Gasteiger partial charge on any atom is -0.378 e. The second kappa shape index (κ2) is 5.61. The topological polar surface area (TPSA) is 32.8 Å². The highest BCUT2D eigenvalue weighted by Gasteiger charge is 2.26. The van der Waals surface area contributed by atoms with E-state index >= 15 is 0 Å². The largest absolute Gasteiger partial charge is 0.378 e. The fraction of sp³-hybridized carbons (Fsp3) is 0.643. The van der Waals surface area contributed by atoms with Crippen LogP contribution in [0.1, 0.15) is 33.4 Å². The van der Waals surface area contributed by atoms with E-state index in [4.69, 9.17) is 4.74 Å². The molecule has 0 saturated carbocycles. The Morgan fingerprint density at radius 3 is 2.79 bits per heavy atom. The first-order valence-corrected chi connectivity index (χ1v) is 7.74. The van der Waals surface area contributed by atoms with Crippen molar-refractivity contribution in [3.8, 4) is 0 Å². The van der Waals surface area contributed by atoms with Crippen molar-refractivity contribution >= 4 is 17.2 Å². The van der Waals surface area contributed by atoms with Crippen molar-refractivity contribution in [2.24, 2.45) is 0 Å². The minimum absolute atomic E-state index is 0.167. The number of likely N-dealkylation sites (tertiary alicyclic amines) is 1. The molecule has 0 N–H and O–H groups in total. The summed E-state index contributed by atoms with van der Waals surface area (Å²) in [5.74, 6) is 0.167. The highest BCUT2D eigenvalue weighted by atomic mass is 32.1. The summed E-state index contributed by atoms with van der Waals surface area (Å²) in [6.07, 6.45) is 2.47. The fourth-order valence-corrected chi connectivity index (χ4v) is 4.02. The van der Waals surface area contributed by atoms with Crippen LogP contribution >= 0.6 is 11.3 Å². The molecule has 0 bridgehead atoms. The number of nitrogens with zero attached hydrogens (tertiary/aromatic N) is 2. The lowest BCUT2D eigenvalue weighted by Crippen LogP contribution is -2.40. The van der Waals surface area contributed by atoms with Gasteiger partial charge >= 0.3 is 0 Å². The van der Waals surface area contributed by atoms with Gasteiger partial charge < -0.3 is 9.64 Å². The molecule has 1 amide bonds. The molecular formula is C14H20N2O2S. The highest BCUT2D eigenvalue weighted by molar-refractivity contribution is 7.14. The molecule has 2 saturated heterocycles. The Hall–Kier alpha value is -0.910. The highest BCUT2D eigenvalue weighted by Crippen LogP contribution is 2.35. The zero-order chi connectivity index (χ0) is 13.2. The Bertz CT molecular complexity index is 454. The molecule has 19 heavy (non-hydrogen) atoms. The fourth-order valence-electron chi connectivity index (χ4n) is 2.84. The van der Waals surface area contributed by atoms with Crippen LogP contribution in [0.25, 0.3) is 0 Å². The number of carbonyl (C=O) groups excluding carboxylic acids is 1. The Morgan fingerprint density at radius 1 is 1.32 bits per heavy atom. The van der Waals surface area contributed by atoms with Crippen LogP contribution < -0.4 is 0 Å². The Kier molecular flexibility index (Phi) is 3.86. The molecule has 4 nitrogen and oxygen atoms in total. The Morgan fingerprint density at radius 2 is 2.11 bits per heavy atom. The van der Waals surface area contributed by atoms with Crippen LogP contribution in [-0.4, -0.2) is 55.6 Å². The van der Waals surface area contributed by atoms with Gasteiger partial charge in [0, 0.05) is 24.0 Å². The zero-order valence-corrected chi connectivity index (χ0v) is 12.1. The molecule has 0 radical (unpaired) electrons. The monoisotopic (exact) mass is 280 g/mol. The van der Waals surface area contributed by atoms with E-state index in [0.717, 1.165) is 24.5 Å². The molecule has 3 heterocycles. The van der Waals surface area contributed by atoms with E-state index in [1.54, 1.807) is 11.3 Å². The predicted molar refractivity (Wildman–Crippen MR) is 75.6 cm³/mol. The van der Waals surface area contributed by atoms with Gasteiger partial charge in [-0.05, 0) is 38.6 Å². The minimum atomic E-state index is 0.167. The summed E-state index contributed by atoms with van der Waals surface area (Å²) in [5, 5.41) is 0. The Labute approximate surface area is 118 Å². The molecule has 0 aliphatic carbocycles. The van der Waals surface area contributed by atoms with Crippen LogP contribution in [0.15, 0.2) is 12.1 Å². The van der Waals surface area contributed by atoms with E-state index < -0.39 is 0 Å². The van der Waals surface area contributed by atoms with Gasteiger partial charge in [-0.25, -0.2) is 0 Å². The van der Waals surface area contributed by atoms with Gasteiger partial charge in [-0.1, -0.05) is 0 Å². The summed E-state index contributed by atoms with van der Waals surface area (Å²) < 4.78 is 5.29. The van der Waals surface area contributed by atoms with Crippen molar-refractivity contribution < 1.29 is 9.53 Å². The maximum absolute atomic E-state index is 12.4. The summed E-state index contributed by atoms with van der Waals surface area (Å²) in [5.41, 5.74) is 0. The summed E-state index contributed by atoms with van der Waals surface area (Å²) >= 11 is 1.66. The van der Waals surface area contributed by atoms with Gasteiger partial charge in [-0.15, -0.1) is 11.3 Å². The average molecular weight is 280 g/mol. The molecular weight excluding hydrogens is 260 g/mol. The summed E-state index contributed by atoms with van der Waals surface area (Å²) in [6.45, 7) is 3.92. The maximum Gasteiger partial charge on any atom is 0.264 e. The van der Waals surface area contributed by atoms with Crippen molar-refractivity contribution in [2.75, 3.05) is 39.9 Å². The van der Waals surface area contributed by atoms with Crippen LogP contribution in [0.3, 0.4) is 0 Å². The van der Waals surface area contributed by atoms with Gasteiger partial charge in [-0.3, -0.25) is 9.69 Å². The number of ether oxygens (including phenoxy) is 1. The van der Waals surface area contributed by atoms with Crippen LogP contribution in [0, 0.1) is 0 Å². The van der Waals surface area contributed by atoms with Gasteiger partial charge in [0.1, 0.15) is 0 Å². The molecule has 0 aromatic carbocycles. The number of hydrogen-bond acceptors (Lipinski definition) is 4. The molecule has 0 spiro atoms. The van der Waals surface area contributed by atoms with Crippen LogP contribution in [0.4, 0.5) is 0 Å². The van der Waals surface area contributed by atoms with Gasteiger partial charge in [-0.2, -0.15) is 0 Å². The number of carbonyl (C=O) groups is 1. The number of rotatable bonds is 2. The summed E-state index contributed by atoms with van der Waals surface area (Å²) in [4.78, 5) is 18.9. The molecule has 2 aliphatic heterocycles. The average Bonchev–Trinajstić information content (AvgIpc) is 3.07. The normalized spacial score (nSPS) is 24.9. The SMILES string of the molecule is CN1CCC[C@@H]1c1ccc(C(=O)N2CCOCC2)s1. The summed E-state index contributed by atoms with van der Waals surface area (Å²) in [7, 11) is 2.17. The Balaban J connectivity index is 1.71. The zero-order valence-electron chi connectivity index (χ0n) is 11.3. The second-order valence-corrected chi connectivity index (χ2v) is 6.36. The van der Waals surface area contributed by atoms with E-state index in [-0.39, 0.29) is 5.91 Å². The first-order valence-electron chi connectivity index (χ1n) is 6.93. The van der Waals surface area contributed by atoms with Crippen molar-refractivity contribution in [3.63, 3.8) is 0 Å². The van der Waals surface area contributed by atoms with E-state index in [0.29, 0.717) is 19.3 Å². The quantitative estimate of drug-likeness (QED) is 0.830. The summed E-state index contributed by atoms with van der Waals surface area (Å²) in [6, 6.07) is 4.63. The van der Waals surface area contributed by atoms with Gasteiger partial charge in [0.2, 0.25) is 0 Å². The molecule has 5 heteroatoms. The van der Waals surface area contributed by atoms with Crippen LogP contribution in [0.2, 0.25) is 0 Å². The standard InChI is InChI=1S/C14H20N2O2S/c1-15-6-2-3-11(15)12-4-5-13(19-12)14(17)16-7-9-18-10-8-16/h4-5,11H,2-3,6-10H2,1H3/t11-/m1/s1. The molecule has 2 aliphatic rings. The third-order valence-corrected chi connectivity index (χ3v) is 5.16. The first-order chi connectivity index (χ1) is 9.25. The number of hydrogen-bond donors (Lipinski definition) is 0. The van der Waals surface area contributed by atoms with Crippen molar-refractivity contribution in [2.45, 2.75) is 18.9 Å². The van der Waals surface area contributed by atoms with Crippen LogP contribution in [-0.2, 0) is 4.74 Å². The molecule has 1 aromatic rings. The van der Waals surface area contributed by atoms with Crippen LogP contribution in [0.5, 0.6) is 0 Å². The van der Waals surface area contributed by atoms with Crippen molar-refractivity contribution in [1.29, 1.82) is 0 Å². The lowest BCUT2D eigenvalue weighted by Gasteiger charge is -2.26. The number of morpholine rings is 1. The molecule has 0 unspecified atom stereocenters. The molecule has 1 aromatic heterocycles. The van der Waals surface area contributed by atoms with E-state index in [9.17, 15) is 4.79 Å².